The van der Waals surface area contributed by atoms with Crippen LogP contribution in [0.5, 0.6) is 5.75 Å². The molecule has 0 amide bonds. The van der Waals surface area contributed by atoms with Crippen molar-refractivity contribution >= 4 is 34.3 Å². The van der Waals surface area contributed by atoms with Crippen LogP contribution in [-0.2, 0) is 0 Å². The molecule has 0 saturated heterocycles. The maximum atomic E-state index is 12.2. The van der Waals surface area contributed by atoms with Gasteiger partial charge in [0.25, 0.3) is 5.56 Å². The topological polar surface area (TPSA) is 53.1 Å². The number of aromatic hydroxyl groups is 1. The minimum atomic E-state index is -0.324. The van der Waals surface area contributed by atoms with Gasteiger partial charge in [-0.2, -0.15) is 0 Å². The fraction of sp³-hybridized carbons (Fsp3) is 0.118. The van der Waals surface area contributed by atoms with Crippen LogP contribution in [0, 0.1) is 13.8 Å². The van der Waals surface area contributed by atoms with Crippen molar-refractivity contribution in [2.24, 2.45) is 0 Å². The summed E-state index contributed by atoms with van der Waals surface area (Å²) < 4.78 is 0. The van der Waals surface area contributed by atoms with Gasteiger partial charge in [-0.25, -0.2) is 0 Å². The van der Waals surface area contributed by atoms with Crippen molar-refractivity contribution < 1.29 is 5.11 Å². The predicted molar refractivity (Wildman–Crippen MR) is 91.3 cm³/mol. The van der Waals surface area contributed by atoms with Crippen LogP contribution in [0.3, 0.4) is 0 Å². The van der Waals surface area contributed by atoms with Gasteiger partial charge in [-0.1, -0.05) is 29.4 Å². The molecule has 3 nitrogen and oxygen atoms in total. The quantitative estimate of drug-likeness (QED) is 0.718. The Morgan fingerprint density at radius 2 is 1.86 bits per heavy atom. The second-order valence-corrected chi connectivity index (χ2v) is 6.69. The Balaban J connectivity index is 2.12. The highest BCUT2D eigenvalue weighted by Gasteiger charge is 2.14. The summed E-state index contributed by atoms with van der Waals surface area (Å²) in [7, 11) is 0. The van der Waals surface area contributed by atoms with E-state index in [0.29, 0.717) is 15.9 Å². The van der Waals surface area contributed by atoms with E-state index in [1.54, 1.807) is 18.2 Å². The minimum Gasteiger partial charge on any atom is -0.506 e. The minimum absolute atomic E-state index is 0.0151. The maximum absolute atomic E-state index is 12.2. The van der Waals surface area contributed by atoms with Gasteiger partial charge >= 0.3 is 0 Å². The molecular weight excluding hydrogens is 318 g/mol. The number of aromatic amines is 1. The number of hydrogen-bond donors (Lipinski definition) is 2. The molecule has 2 N–H and O–H groups in total. The third kappa shape index (κ3) is 2.72. The predicted octanol–water partition coefficient (Wildman–Crippen LogP) is 4.66. The number of aromatic nitrogens is 1. The first kappa shape index (κ1) is 15.0. The van der Waals surface area contributed by atoms with Crippen LogP contribution in [0.1, 0.15) is 11.1 Å². The van der Waals surface area contributed by atoms with Crippen molar-refractivity contribution in [2.45, 2.75) is 23.6 Å². The van der Waals surface area contributed by atoms with E-state index < -0.39 is 0 Å². The third-order valence-electron chi connectivity index (χ3n) is 3.60. The summed E-state index contributed by atoms with van der Waals surface area (Å²) in [5, 5.41) is 11.5. The van der Waals surface area contributed by atoms with Crippen LogP contribution >= 0.6 is 23.4 Å². The van der Waals surface area contributed by atoms with Gasteiger partial charge in [-0.05, 0) is 55.3 Å². The summed E-state index contributed by atoms with van der Waals surface area (Å²) >= 11 is 7.17. The Bertz CT molecular complexity index is 934. The summed E-state index contributed by atoms with van der Waals surface area (Å²) in [6.45, 7) is 4.06. The molecule has 0 atom stereocenters. The fourth-order valence-electron chi connectivity index (χ4n) is 2.23. The van der Waals surface area contributed by atoms with Gasteiger partial charge in [-0.15, -0.1) is 0 Å². The van der Waals surface area contributed by atoms with E-state index in [-0.39, 0.29) is 16.2 Å². The molecule has 0 radical (unpaired) electrons. The highest BCUT2D eigenvalue weighted by atomic mass is 35.5. The average Bonchev–Trinajstić information content (AvgIpc) is 2.46. The molecule has 0 aliphatic heterocycles. The molecule has 0 spiro atoms. The van der Waals surface area contributed by atoms with Crippen LogP contribution in [0.4, 0.5) is 0 Å². The summed E-state index contributed by atoms with van der Waals surface area (Å²) in [4.78, 5) is 16.2. The van der Waals surface area contributed by atoms with Crippen molar-refractivity contribution in [3.63, 3.8) is 0 Å². The van der Waals surface area contributed by atoms with E-state index in [4.69, 9.17) is 11.6 Å². The fourth-order valence-corrected chi connectivity index (χ4v) is 3.36. The number of nitrogens with one attached hydrogen (secondary N) is 1. The van der Waals surface area contributed by atoms with E-state index in [1.807, 2.05) is 32.0 Å². The molecule has 0 aliphatic rings. The number of H-pyrrole nitrogens is 1. The zero-order valence-corrected chi connectivity index (χ0v) is 13.7. The Morgan fingerprint density at radius 1 is 1.09 bits per heavy atom. The number of hydrogen-bond acceptors (Lipinski definition) is 3. The molecule has 0 bridgehead atoms. The summed E-state index contributed by atoms with van der Waals surface area (Å²) in [6, 6.07) is 11.0. The Kier molecular flexibility index (Phi) is 3.89. The standard InChI is InChI=1S/C17H14ClNO2S/c1-9-3-5-12(7-10(9)2)22-16-15(20)13-6-4-11(18)8-14(13)19-17(16)21/h3-8H,1-2H3,(H2,19,20,21). The molecule has 0 fully saturated rings. The van der Waals surface area contributed by atoms with Crippen LogP contribution in [0.25, 0.3) is 10.9 Å². The first-order valence-electron chi connectivity index (χ1n) is 6.75. The van der Waals surface area contributed by atoms with E-state index >= 15 is 0 Å². The van der Waals surface area contributed by atoms with Gasteiger partial charge in [0, 0.05) is 15.3 Å². The number of rotatable bonds is 2. The second-order valence-electron chi connectivity index (χ2n) is 5.17. The molecule has 0 aliphatic carbocycles. The summed E-state index contributed by atoms with van der Waals surface area (Å²) in [5.74, 6) is -0.0151. The van der Waals surface area contributed by atoms with E-state index in [1.165, 1.54) is 17.3 Å². The molecule has 0 saturated carbocycles. The van der Waals surface area contributed by atoms with Gasteiger partial charge in [0.1, 0.15) is 10.6 Å². The number of pyridine rings is 1. The maximum Gasteiger partial charge on any atom is 0.266 e. The molecule has 1 aromatic heterocycles. The lowest BCUT2D eigenvalue weighted by molar-refractivity contribution is 0.467. The van der Waals surface area contributed by atoms with Crippen molar-refractivity contribution in [2.75, 3.05) is 0 Å². The molecule has 1 heterocycles. The highest BCUT2D eigenvalue weighted by molar-refractivity contribution is 7.99. The van der Waals surface area contributed by atoms with Crippen molar-refractivity contribution in [1.29, 1.82) is 0 Å². The summed E-state index contributed by atoms with van der Waals surface area (Å²) in [5.41, 5.74) is 2.54. The van der Waals surface area contributed by atoms with E-state index in [2.05, 4.69) is 4.98 Å². The number of fused-ring (bicyclic) bond motifs is 1. The number of halogens is 1. The Hall–Kier alpha value is -1.91. The Labute approximate surface area is 137 Å². The summed E-state index contributed by atoms with van der Waals surface area (Å²) in [6.07, 6.45) is 0. The first-order chi connectivity index (χ1) is 10.5. The van der Waals surface area contributed by atoms with Crippen molar-refractivity contribution in [3.8, 4) is 5.75 Å². The lowest BCUT2D eigenvalue weighted by atomic mass is 10.1. The van der Waals surface area contributed by atoms with E-state index in [9.17, 15) is 9.90 Å². The molecule has 3 aromatic rings. The molecule has 0 unspecified atom stereocenters. The number of benzene rings is 2. The van der Waals surface area contributed by atoms with Gasteiger partial charge in [0.05, 0.1) is 5.52 Å². The van der Waals surface area contributed by atoms with Crippen molar-refractivity contribution in [3.05, 3.63) is 62.9 Å². The van der Waals surface area contributed by atoms with Gasteiger partial charge < -0.3 is 10.1 Å². The Morgan fingerprint density at radius 3 is 2.59 bits per heavy atom. The molecule has 22 heavy (non-hydrogen) atoms. The van der Waals surface area contributed by atoms with Crippen LogP contribution in [0.15, 0.2) is 51.0 Å². The highest BCUT2D eigenvalue weighted by Crippen LogP contribution is 2.36. The largest absolute Gasteiger partial charge is 0.506 e. The van der Waals surface area contributed by atoms with Gasteiger partial charge in [-0.3, -0.25) is 4.79 Å². The zero-order valence-electron chi connectivity index (χ0n) is 12.1. The molecule has 3 rings (SSSR count). The zero-order chi connectivity index (χ0) is 15.9. The SMILES string of the molecule is Cc1ccc(Sc2c(O)c3ccc(Cl)cc3[nH]c2=O)cc1C. The number of aryl methyl sites for hydroxylation is 2. The second kappa shape index (κ2) is 5.71. The average molecular weight is 332 g/mol. The van der Waals surface area contributed by atoms with E-state index in [0.717, 1.165) is 10.5 Å². The molecule has 2 aromatic carbocycles. The molecule has 112 valence electrons. The van der Waals surface area contributed by atoms with Crippen LogP contribution in [-0.4, -0.2) is 10.1 Å². The van der Waals surface area contributed by atoms with Gasteiger partial charge in [0.15, 0.2) is 0 Å². The van der Waals surface area contributed by atoms with Gasteiger partial charge in [0.2, 0.25) is 0 Å². The van der Waals surface area contributed by atoms with Crippen LogP contribution in [0.2, 0.25) is 5.02 Å². The smallest absolute Gasteiger partial charge is 0.266 e. The molecular formula is C17H14ClNO2S. The normalized spacial score (nSPS) is 11.0. The third-order valence-corrected chi connectivity index (χ3v) is 4.91. The lowest BCUT2D eigenvalue weighted by Crippen LogP contribution is -2.08. The van der Waals surface area contributed by atoms with Crippen molar-refractivity contribution in [1.82, 2.24) is 4.98 Å². The first-order valence-corrected chi connectivity index (χ1v) is 7.95. The van der Waals surface area contributed by atoms with Crippen LogP contribution < -0.4 is 5.56 Å². The monoisotopic (exact) mass is 331 g/mol. The lowest BCUT2D eigenvalue weighted by Gasteiger charge is -2.08. The molecule has 5 heteroatoms.